The van der Waals surface area contributed by atoms with Gasteiger partial charge < -0.3 is 15.0 Å². The Morgan fingerprint density at radius 3 is 1.93 bits per heavy atom. The van der Waals surface area contributed by atoms with Crippen molar-refractivity contribution in [2.24, 2.45) is 0 Å². The van der Waals surface area contributed by atoms with Crippen LogP contribution >= 0.6 is 0 Å². The first kappa shape index (κ1) is 16.6. The average Bonchev–Trinajstić information content (AvgIpc) is 2.22. The molecule has 0 saturated carbocycles. The van der Waals surface area contributed by atoms with Crippen LogP contribution in [-0.2, 0) is 9.53 Å². The highest BCUT2D eigenvalue weighted by atomic mass is 16.5. The summed E-state index contributed by atoms with van der Waals surface area (Å²) in [6.45, 7) is 14.8. The molecule has 1 fully saturated rings. The first-order valence-electron chi connectivity index (χ1n) is 5.15. The van der Waals surface area contributed by atoms with Gasteiger partial charge in [0.15, 0.2) is 0 Å². The van der Waals surface area contributed by atoms with Gasteiger partial charge in [0.2, 0.25) is 0 Å². The summed E-state index contributed by atoms with van der Waals surface area (Å²) >= 11 is 0. The maximum Gasteiger partial charge on any atom is 0.293 e. The molecule has 0 aromatic heterocycles. The SMILES string of the molecule is C=C.CC(C)OC=O.CN1CCNCC1. The molecule has 4 heteroatoms. The van der Waals surface area contributed by atoms with E-state index in [4.69, 9.17) is 0 Å². The summed E-state index contributed by atoms with van der Waals surface area (Å²) in [5.41, 5.74) is 0. The molecule has 1 aliphatic heterocycles. The lowest BCUT2D eigenvalue weighted by atomic mass is 10.4. The number of rotatable bonds is 2. The van der Waals surface area contributed by atoms with Gasteiger partial charge in [-0.3, -0.25) is 4.79 Å². The smallest absolute Gasteiger partial charge is 0.293 e. The Morgan fingerprint density at radius 1 is 1.33 bits per heavy atom. The first-order valence-corrected chi connectivity index (χ1v) is 5.15. The molecule has 0 atom stereocenters. The number of nitrogens with one attached hydrogen (secondary N) is 1. The van der Waals surface area contributed by atoms with Crippen molar-refractivity contribution in [3.63, 3.8) is 0 Å². The zero-order chi connectivity index (χ0) is 12.1. The third-order valence-electron chi connectivity index (χ3n) is 1.67. The monoisotopic (exact) mass is 216 g/mol. The highest BCUT2D eigenvalue weighted by molar-refractivity contribution is 5.37. The highest BCUT2D eigenvalue weighted by Gasteiger charge is 2.01. The second-order valence-corrected chi connectivity index (χ2v) is 3.33. The summed E-state index contributed by atoms with van der Waals surface area (Å²) in [6.07, 6.45) is 0.0301. The van der Waals surface area contributed by atoms with Crippen LogP contribution in [0.5, 0.6) is 0 Å². The van der Waals surface area contributed by atoms with Gasteiger partial charge in [-0.2, -0.15) is 0 Å². The molecule has 0 spiro atoms. The molecule has 0 aromatic rings. The van der Waals surface area contributed by atoms with Crippen LogP contribution in [-0.4, -0.2) is 50.7 Å². The summed E-state index contributed by atoms with van der Waals surface area (Å²) < 4.78 is 4.36. The van der Waals surface area contributed by atoms with Crippen molar-refractivity contribution in [3.05, 3.63) is 13.2 Å². The molecule has 1 saturated heterocycles. The second-order valence-electron chi connectivity index (χ2n) is 3.33. The van der Waals surface area contributed by atoms with Gasteiger partial charge in [-0.1, -0.05) is 0 Å². The summed E-state index contributed by atoms with van der Waals surface area (Å²) in [5.74, 6) is 0. The van der Waals surface area contributed by atoms with Crippen LogP contribution in [0.4, 0.5) is 0 Å². The van der Waals surface area contributed by atoms with Crippen molar-refractivity contribution in [1.29, 1.82) is 0 Å². The predicted molar refractivity (Wildman–Crippen MR) is 63.9 cm³/mol. The van der Waals surface area contributed by atoms with Gasteiger partial charge in [0.05, 0.1) is 6.10 Å². The van der Waals surface area contributed by atoms with Crippen LogP contribution < -0.4 is 5.32 Å². The lowest BCUT2D eigenvalue weighted by molar-refractivity contribution is -0.131. The van der Waals surface area contributed by atoms with E-state index in [1.54, 1.807) is 13.8 Å². The predicted octanol–water partition coefficient (Wildman–Crippen LogP) is 0.891. The molecule has 1 rings (SSSR count). The van der Waals surface area contributed by atoms with E-state index >= 15 is 0 Å². The molecule has 90 valence electrons. The number of likely N-dealkylation sites (N-methyl/N-ethyl adjacent to an activating group) is 1. The summed E-state index contributed by atoms with van der Waals surface area (Å²) in [5, 5.41) is 3.27. The number of hydrogen-bond acceptors (Lipinski definition) is 4. The Hall–Kier alpha value is -0.870. The molecule has 1 heterocycles. The minimum Gasteiger partial charge on any atom is -0.465 e. The standard InChI is InChI=1S/C5H12N2.C4H8O2.C2H4/c1-7-4-2-6-3-5-7;1-4(2)6-3-5;1-2/h6H,2-5H2,1H3;3-4H,1-2H3;1-2H2. The number of carbonyl (C=O) groups excluding carboxylic acids is 1. The summed E-state index contributed by atoms with van der Waals surface area (Å²) in [6, 6.07) is 0. The number of carbonyl (C=O) groups is 1. The Kier molecular flexibility index (Phi) is 14.5. The third-order valence-corrected chi connectivity index (χ3v) is 1.67. The maximum atomic E-state index is 9.39. The molecular formula is C11H24N2O2. The molecule has 0 bridgehead atoms. The van der Waals surface area contributed by atoms with Crippen molar-refractivity contribution in [3.8, 4) is 0 Å². The number of nitrogens with zero attached hydrogens (tertiary/aromatic N) is 1. The van der Waals surface area contributed by atoms with Crippen molar-refractivity contribution in [2.75, 3.05) is 33.2 Å². The summed E-state index contributed by atoms with van der Waals surface area (Å²) in [7, 11) is 2.15. The molecule has 4 nitrogen and oxygen atoms in total. The molecule has 0 amide bonds. The lowest BCUT2D eigenvalue weighted by Gasteiger charge is -2.21. The van der Waals surface area contributed by atoms with E-state index in [0.29, 0.717) is 6.47 Å². The minimum atomic E-state index is 0.0301. The van der Waals surface area contributed by atoms with E-state index in [0.717, 1.165) is 13.1 Å². The lowest BCUT2D eigenvalue weighted by Crippen LogP contribution is -2.40. The van der Waals surface area contributed by atoms with Crippen molar-refractivity contribution in [2.45, 2.75) is 20.0 Å². The van der Waals surface area contributed by atoms with Crippen LogP contribution in [0.3, 0.4) is 0 Å². The fourth-order valence-corrected chi connectivity index (χ4v) is 0.888. The number of piperazine rings is 1. The van der Waals surface area contributed by atoms with E-state index in [2.05, 4.69) is 35.2 Å². The van der Waals surface area contributed by atoms with Gasteiger partial charge >= 0.3 is 0 Å². The van der Waals surface area contributed by atoms with Gasteiger partial charge in [-0.25, -0.2) is 0 Å². The fourth-order valence-electron chi connectivity index (χ4n) is 0.888. The highest BCUT2D eigenvalue weighted by Crippen LogP contribution is 1.83. The third kappa shape index (κ3) is 15.9. The summed E-state index contributed by atoms with van der Waals surface area (Å²) in [4.78, 5) is 11.7. The van der Waals surface area contributed by atoms with Gasteiger partial charge in [-0.05, 0) is 20.9 Å². The largest absolute Gasteiger partial charge is 0.465 e. The topological polar surface area (TPSA) is 41.6 Å². The molecule has 0 aliphatic carbocycles. The molecule has 0 unspecified atom stereocenters. The molecule has 0 radical (unpaired) electrons. The Bertz CT molecular complexity index is 135. The van der Waals surface area contributed by atoms with Crippen molar-refractivity contribution >= 4 is 6.47 Å². The number of hydrogen-bond donors (Lipinski definition) is 1. The van der Waals surface area contributed by atoms with E-state index in [1.807, 2.05) is 0 Å². The Labute approximate surface area is 93.3 Å². The van der Waals surface area contributed by atoms with E-state index in [-0.39, 0.29) is 6.10 Å². The van der Waals surface area contributed by atoms with Crippen LogP contribution in [0.1, 0.15) is 13.8 Å². The zero-order valence-electron chi connectivity index (χ0n) is 10.2. The van der Waals surface area contributed by atoms with Gasteiger partial charge in [0, 0.05) is 26.2 Å². The number of ether oxygens (including phenoxy) is 1. The van der Waals surface area contributed by atoms with E-state index in [9.17, 15) is 4.79 Å². The quantitative estimate of drug-likeness (QED) is 0.550. The van der Waals surface area contributed by atoms with Gasteiger partial charge in [0.25, 0.3) is 6.47 Å². The maximum absolute atomic E-state index is 9.39. The van der Waals surface area contributed by atoms with Crippen LogP contribution in [0.25, 0.3) is 0 Å². The normalized spacial score (nSPS) is 15.5. The molecule has 15 heavy (non-hydrogen) atoms. The molecular weight excluding hydrogens is 192 g/mol. The average molecular weight is 216 g/mol. The van der Waals surface area contributed by atoms with E-state index < -0.39 is 0 Å². The minimum absolute atomic E-state index is 0.0301. The van der Waals surface area contributed by atoms with Crippen LogP contribution in [0, 0.1) is 0 Å². The Balaban J connectivity index is 0. The van der Waals surface area contributed by atoms with E-state index in [1.165, 1.54) is 13.1 Å². The fraction of sp³-hybridized carbons (Fsp3) is 0.727. The van der Waals surface area contributed by atoms with Crippen molar-refractivity contribution in [1.82, 2.24) is 10.2 Å². The molecule has 0 aromatic carbocycles. The second kappa shape index (κ2) is 13.1. The molecule has 1 aliphatic rings. The zero-order valence-corrected chi connectivity index (χ0v) is 10.2. The van der Waals surface area contributed by atoms with Crippen LogP contribution in [0.2, 0.25) is 0 Å². The van der Waals surface area contributed by atoms with Crippen LogP contribution in [0.15, 0.2) is 13.2 Å². The van der Waals surface area contributed by atoms with Gasteiger partial charge in [-0.15, -0.1) is 13.2 Å². The molecule has 1 N–H and O–H groups in total. The van der Waals surface area contributed by atoms with Crippen molar-refractivity contribution < 1.29 is 9.53 Å². The Morgan fingerprint density at radius 2 is 1.80 bits per heavy atom. The first-order chi connectivity index (χ1) is 7.16. The van der Waals surface area contributed by atoms with Gasteiger partial charge in [0.1, 0.15) is 0 Å².